The summed E-state index contributed by atoms with van der Waals surface area (Å²) in [5.74, 6) is 3.08. The maximum atomic E-state index is 10.9. The molecule has 2 unspecified atom stereocenters. The Kier molecular flexibility index (Phi) is 9.91. The molecule has 0 amide bonds. The first-order valence-electron chi connectivity index (χ1n) is 8.43. The molecule has 5 atom stereocenters. The molecule has 0 radical (unpaired) electrons. The van der Waals surface area contributed by atoms with Gasteiger partial charge in [-0.25, -0.2) is 0 Å². The normalized spacial score (nSPS) is 34.4. The van der Waals surface area contributed by atoms with Gasteiger partial charge < -0.3 is 10.8 Å². The van der Waals surface area contributed by atoms with Crippen LogP contribution in [0, 0.1) is 29.6 Å². The van der Waals surface area contributed by atoms with Crippen LogP contribution in [0.5, 0.6) is 0 Å². The number of carboxylic acid groups (broad SMARTS) is 1. The van der Waals surface area contributed by atoms with Gasteiger partial charge in [-0.1, -0.05) is 47.0 Å². The number of hydrogen-bond acceptors (Lipinski definition) is 2. The van der Waals surface area contributed by atoms with E-state index in [0.717, 1.165) is 17.8 Å². The molecule has 2 aliphatic rings. The Morgan fingerprint density at radius 1 is 1.15 bits per heavy atom. The van der Waals surface area contributed by atoms with E-state index in [-0.39, 0.29) is 0 Å². The Hall–Kier alpha value is -0.570. The summed E-state index contributed by atoms with van der Waals surface area (Å²) < 4.78 is 0. The molecule has 20 heavy (non-hydrogen) atoms. The lowest BCUT2D eigenvalue weighted by Crippen LogP contribution is -2.50. The van der Waals surface area contributed by atoms with Crippen molar-refractivity contribution in [2.24, 2.45) is 35.3 Å². The van der Waals surface area contributed by atoms with Gasteiger partial charge >= 0.3 is 5.97 Å². The summed E-state index contributed by atoms with van der Waals surface area (Å²) in [6.07, 6.45) is 6.82. The molecule has 2 saturated carbocycles. The highest BCUT2D eigenvalue weighted by Crippen LogP contribution is 2.57. The van der Waals surface area contributed by atoms with E-state index in [4.69, 9.17) is 5.11 Å². The van der Waals surface area contributed by atoms with Gasteiger partial charge in [0.1, 0.15) is 0 Å². The van der Waals surface area contributed by atoms with Crippen molar-refractivity contribution in [1.29, 1.82) is 0 Å². The summed E-state index contributed by atoms with van der Waals surface area (Å²) in [4.78, 5) is 10.9. The second-order valence-corrected chi connectivity index (χ2v) is 5.96. The summed E-state index contributed by atoms with van der Waals surface area (Å²) in [6.45, 7) is 8.57. The van der Waals surface area contributed by atoms with E-state index in [0.29, 0.717) is 18.3 Å². The number of carbonyl (C=O) groups is 1. The molecule has 0 aliphatic heterocycles. The summed E-state index contributed by atoms with van der Waals surface area (Å²) in [5.41, 5.74) is 4.50. The predicted molar refractivity (Wildman–Crippen MR) is 85.6 cm³/mol. The van der Waals surface area contributed by atoms with Crippen LogP contribution in [-0.2, 0) is 4.79 Å². The van der Waals surface area contributed by atoms with E-state index in [1.54, 1.807) is 0 Å². The number of hydrogen-bond donors (Lipinski definition) is 2. The number of nitrogens with two attached hydrogens (primary N) is 1. The molecule has 0 spiro atoms. The fraction of sp³-hybridized carbons (Fsp3) is 0.941. The minimum absolute atomic E-state index is 0.417. The van der Waals surface area contributed by atoms with Crippen LogP contribution in [0.4, 0.5) is 0 Å². The Balaban J connectivity index is 0.000000829. The fourth-order valence-electron chi connectivity index (χ4n) is 4.23. The number of rotatable bonds is 4. The van der Waals surface area contributed by atoms with E-state index < -0.39 is 5.97 Å². The van der Waals surface area contributed by atoms with Crippen LogP contribution in [0.3, 0.4) is 0 Å². The molecule has 2 aliphatic carbocycles. The van der Waals surface area contributed by atoms with E-state index in [9.17, 15) is 4.79 Å². The predicted octanol–water partition coefficient (Wildman–Crippen LogP) is 4.16. The van der Waals surface area contributed by atoms with Gasteiger partial charge in [0.15, 0.2) is 0 Å². The molecule has 0 aromatic heterocycles. The van der Waals surface area contributed by atoms with Crippen molar-refractivity contribution >= 4 is 5.97 Å². The molecule has 3 nitrogen and oxygen atoms in total. The standard InChI is InChI=1S/C14H24O2.C2H6.CH5N/c1-3-4-10-12-7-9(2)5-6-11(12)13(10)8-14(15)16;2*1-2/h9-13H,3-8H2,1-2H3,(H,15,16);1-2H3;2H2,1H3/t9?,10-,11?,12+,13-;;/m1../s1. The molecule has 0 aromatic rings. The quantitative estimate of drug-likeness (QED) is 0.815. The van der Waals surface area contributed by atoms with Crippen LogP contribution in [-0.4, -0.2) is 18.1 Å². The first kappa shape index (κ1) is 19.4. The SMILES string of the molecule is CC.CCC[C@@H]1[C@@H]2CC(C)CCC2[C@@H]1CC(=O)O.CN. The molecule has 0 aromatic carbocycles. The topological polar surface area (TPSA) is 63.3 Å². The summed E-state index contributed by atoms with van der Waals surface area (Å²) in [5, 5.41) is 8.98. The van der Waals surface area contributed by atoms with Crippen LogP contribution >= 0.6 is 0 Å². The maximum Gasteiger partial charge on any atom is 0.303 e. The van der Waals surface area contributed by atoms with Gasteiger partial charge in [0.2, 0.25) is 0 Å². The molecular weight excluding hydrogens is 250 g/mol. The summed E-state index contributed by atoms with van der Waals surface area (Å²) in [7, 11) is 1.50. The average molecular weight is 285 g/mol. The fourth-order valence-corrected chi connectivity index (χ4v) is 4.23. The third kappa shape index (κ3) is 4.76. The molecule has 2 fully saturated rings. The number of carboxylic acids is 1. The van der Waals surface area contributed by atoms with Gasteiger partial charge in [0.25, 0.3) is 0 Å². The lowest BCUT2D eigenvalue weighted by Gasteiger charge is -2.56. The minimum Gasteiger partial charge on any atom is -0.481 e. The van der Waals surface area contributed by atoms with Crippen molar-refractivity contribution in [2.75, 3.05) is 7.05 Å². The first-order chi connectivity index (χ1) is 9.63. The smallest absolute Gasteiger partial charge is 0.303 e. The zero-order valence-electron chi connectivity index (χ0n) is 14.1. The molecule has 0 bridgehead atoms. The molecule has 3 heteroatoms. The molecule has 120 valence electrons. The first-order valence-corrected chi connectivity index (χ1v) is 8.43. The van der Waals surface area contributed by atoms with Gasteiger partial charge in [0, 0.05) is 6.42 Å². The van der Waals surface area contributed by atoms with E-state index in [1.807, 2.05) is 13.8 Å². The van der Waals surface area contributed by atoms with Crippen LogP contribution < -0.4 is 5.73 Å². The lowest BCUT2D eigenvalue weighted by molar-refractivity contribution is -0.146. The highest BCUT2D eigenvalue weighted by Gasteiger charge is 2.51. The van der Waals surface area contributed by atoms with E-state index in [1.165, 1.54) is 39.2 Å². The molecule has 3 N–H and O–H groups in total. The van der Waals surface area contributed by atoms with Gasteiger partial charge in [-0.2, -0.15) is 0 Å². The van der Waals surface area contributed by atoms with Crippen LogP contribution in [0.25, 0.3) is 0 Å². The van der Waals surface area contributed by atoms with Crippen molar-refractivity contribution in [2.45, 2.75) is 66.2 Å². The van der Waals surface area contributed by atoms with Crippen LogP contribution in [0.2, 0.25) is 0 Å². The zero-order chi connectivity index (χ0) is 15.7. The monoisotopic (exact) mass is 285 g/mol. The molecule has 0 heterocycles. The van der Waals surface area contributed by atoms with Crippen molar-refractivity contribution < 1.29 is 9.90 Å². The lowest BCUT2D eigenvalue weighted by atomic mass is 9.49. The van der Waals surface area contributed by atoms with Crippen molar-refractivity contribution in [3.8, 4) is 0 Å². The molecular formula is C17H35NO2. The van der Waals surface area contributed by atoms with Crippen molar-refractivity contribution in [3.63, 3.8) is 0 Å². The Morgan fingerprint density at radius 3 is 2.25 bits per heavy atom. The Labute approximate surface area is 125 Å². The average Bonchev–Trinajstić information content (AvgIpc) is 2.47. The summed E-state index contributed by atoms with van der Waals surface area (Å²) >= 11 is 0. The van der Waals surface area contributed by atoms with Gasteiger partial charge in [-0.15, -0.1) is 0 Å². The number of aliphatic carboxylic acids is 1. The van der Waals surface area contributed by atoms with Gasteiger partial charge in [0.05, 0.1) is 0 Å². The van der Waals surface area contributed by atoms with Crippen molar-refractivity contribution in [1.82, 2.24) is 0 Å². The second kappa shape index (κ2) is 10.2. The van der Waals surface area contributed by atoms with E-state index >= 15 is 0 Å². The van der Waals surface area contributed by atoms with Crippen LogP contribution in [0.1, 0.15) is 66.2 Å². The molecule has 2 rings (SSSR count). The highest BCUT2D eigenvalue weighted by molar-refractivity contribution is 5.67. The Bertz CT molecular complexity index is 268. The Morgan fingerprint density at radius 2 is 1.75 bits per heavy atom. The number of fused-ring (bicyclic) bond motifs is 1. The largest absolute Gasteiger partial charge is 0.481 e. The van der Waals surface area contributed by atoms with Crippen molar-refractivity contribution in [3.05, 3.63) is 0 Å². The third-order valence-electron chi connectivity index (χ3n) is 4.90. The zero-order valence-corrected chi connectivity index (χ0v) is 14.1. The van der Waals surface area contributed by atoms with Gasteiger partial charge in [-0.05, 0) is 49.5 Å². The maximum absolute atomic E-state index is 10.9. The third-order valence-corrected chi connectivity index (χ3v) is 4.90. The van der Waals surface area contributed by atoms with E-state index in [2.05, 4.69) is 19.6 Å². The van der Waals surface area contributed by atoms with Crippen LogP contribution in [0.15, 0.2) is 0 Å². The minimum atomic E-state index is -0.594. The summed E-state index contributed by atoms with van der Waals surface area (Å²) in [6, 6.07) is 0. The second-order valence-electron chi connectivity index (χ2n) is 5.96. The van der Waals surface area contributed by atoms with Gasteiger partial charge in [-0.3, -0.25) is 4.79 Å². The highest BCUT2D eigenvalue weighted by atomic mass is 16.4. The molecule has 0 saturated heterocycles.